The first-order valence-corrected chi connectivity index (χ1v) is 9.43. The van der Waals surface area contributed by atoms with Crippen LogP contribution in [0, 0.1) is 18.6 Å². The Morgan fingerprint density at radius 1 is 0.633 bits per heavy atom. The lowest BCUT2D eigenvalue weighted by Gasteiger charge is -2.09. The maximum absolute atomic E-state index is 13.4. The molecular weight excluding hydrogens is 382 g/mol. The van der Waals surface area contributed by atoms with Crippen LogP contribution < -0.4 is 0 Å². The molecular formula is C24H16F2N4. The van der Waals surface area contributed by atoms with Crippen molar-refractivity contribution in [3.05, 3.63) is 96.2 Å². The second-order valence-corrected chi connectivity index (χ2v) is 7.06. The summed E-state index contributed by atoms with van der Waals surface area (Å²) in [4.78, 5) is 9.33. The molecule has 0 atom stereocenters. The van der Waals surface area contributed by atoms with Crippen molar-refractivity contribution >= 4 is 5.78 Å². The van der Waals surface area contributed by atoms with Crippen LogP contribution in [0.2, 0.25) is 0 Å². The molecule has 0 amide bonds. The van der Waals surface area contributed by atoms with Crippen LogP contribution in [0.15, 0.2) is 79.0 Å². The minimum absolute atomic E-state index is 0.333. The van der Waals surface area contributed by atoms with Gasteiger partial charge in [0.2, 0.25) is 0 Å². The summed E-state index contributed by atoms with van der Waals surface area (Å²) < 4.78 is 28.5. The van der Waals surface area contributed by atoms with Crippen molar-refractivity contribution in [1.29, 1.82) is 0 Å². The van der Waals surface area contributed by atoms with E-state index in [1.165, 1.54) is 24.3 Å². The molecule has 0 aliphatic heterocycles. The summed E-state index contributed by atoms with van der Waals surface area (Å²) >= 11 is 0. The zero-order chi connectivity index (χ0) is 20.7. The molecule has 4 nitrogen and oxygen atoms in total. The van der Waals surface area contributed by atoms with E-state index in [1.807, 2.05) is 37.4 Å². The molecule has 0 saturated heterocycles. The van der Waals surface area contributed by atoms with E-state index in [0.29, 0.717) is 28.3 Å². The Hall–Kier alpha value is -3.93. The van der Waals surface area contributed by atoms with Crippen molar-refractivity contribution in [1.82, 2.24) is 19.6 Å². The van der Waals surface area contributed by atoms with Crippen LogP contribution in [0.25, 0.3) is 39.5 Å². The van der Waals surface area contributed by atoms with Gasteiger partial charge in [0, 0.05) is 16.7 Å². The summed E-state index contributed by atoms with van der Waals surface area (Å²) in [5.41, 5.74) is 5.38. The van der Waals surface area contributed by atoms with Gasteiger partial charge in [-0.05, 0) is 55.5 Å². The van der Waals surface area contributed by atoms with Crippen LogP contribution in [-0.4, -0.2) is 19.6 Å². The molecule has 0 bridgehead atoms. The van der Waals surface area contributed by atoms with E-state index in [2.05, 4.69) is 4.98 Å². The number of benzene rings is 3. The Morgan fingerprint density at radius 2 is 1.17 bits per heavy atom. The van der Waals surface area contributed by atoms with Crippen LogP contribution in [0.5, 0.6) is 0 Å². The normalized spacial score (nSPS) is 11.2. The molecule has 5 rings (SSSR count). The van der Waals surface area contributed by atoms with Gasteiger partial charge in [-0.25, -0.2) is 23.3 Å². The molecule has 0 saturated carbocycles. The number of rotatable bonds is 3. The number of aromatic nitrogens is 4. The summed E-state index contributed by atoms with van der Waals surface area (Å²) in [6.07, 6.45) is 1.81. The van der Waals surface area contributed by atoms with E-state index in [-0.39, 0.29) is 11.6 Å². The highest BCUT2D eigenvalue weighted by Gasteiger charge is 2.16. The van der Waals surface area contributed by atoms with Gasteiger partial charge in [-0.3, -0.25) is 0 Å². The van der Waals surface area contributed by atoms with Crippen LogP contribution in [0.1, 0.15) is 5.56 Å². The molecule has 30 heavy (non-hydrogen) atoms. The first-order chi connectivity index (χ1) is 14.6. The van der Waals surface area contributed by atoms with E-state index in [9.17, 15) is 8.78 Å². The first kappa shape index (κ1) is 18.1. The molecule has 0 aliphatic rings. The highest BCUT2D eigenvalue weighted by atomic mass is 19.1. The van der Waals surface area contributed by atoms with Crippen LogP contribution in [0.4, 0.5) is 8.78 Å². The molecule has 0 N–H and O–H groups in total. The van der Waals surface area contributed by atoms with Crippen molar-refractivity contribution in [3.8, 4) is 33.8 Å². The number of hydrogen-bond donors (Lipinski definition) is 0. The summed E-state index contributed by atoms with van der Waals surface area (Å²) in [7, 11) is 0. The summed E-state index contributed by atoms with van der Waals surface area (Å²) in [5.74, 6) is -0.241. The SMILES string of the molecule is Cc1ccc(-c2cn3nc(-c4ccc(F)cc4)c(-c4ccc(F)cc4)nc3n2)cc1. The molecule has 0 unspecified atom stereocenters. The van der Waals surface area contributed by atoms with Crippen molar-refractivity contribution in [2.24, 2.45) is 0 Å². The molecule has 5 aromatic rings. The fourth-order valence-corrected chi connectivity index (χ4v) is 3.29. The number of fused-ring (bicyclic) bond motifs is 1. The van der Waals surface area contributed by atoms with Crippen LogP contribution in [-0.2, 0) is 0 Å². The third-order valence-corrected chi connectivity index (χ3v) is 4.90. The largest absolute Gasteiger partial charge is 0.251 e. The lowest BCUT2D eigenvalue weighted by molar-refractivity contribution is 0.627. The number of nitrogens with zero attached hydrogens (tertiary/aromatic N) is 4. The van der Waals surface area contributed by atoms with E-state index in [0.717, 1.165) is 16.8 Å². The Kier molecular flexibility index (Phi) is 4.32. The van der Waals surface area contributed by atoms with Gasteiger partial charge in [0.25, 0.3) is 5.78 Å². The van der Waals surface area contributed by atoms with E-state index in [4.69, 9.17) is 10.1 Å². The fourth-order valence-electron chi connectivity index (χ4n) is 3.29. The van der Waals surface area contributed by atoms with Crippen LogP contribution in [0.3, 0.4) is 0 Å². The van der Waals surface area contributed by atoms with Crippen molar-refractivity contribution < 1.29 is 8.78 Å². The van der Waals surface area contributed by atoms with Crippen molar-refractivity contribution in [2.75, 3.05) is 0 Å². The molecule has 6 heteroatoms. The third-order valence-electron chi connectivity index (χ3n) is 4.90. The molecule has 0 radical (unpaired) electrons. The van der Waals surface area contributed by atoms with Gasteiger partial charge in [-0.1, -0.05) is 29.8 Å². The second-order valence-electron chi connectivity index (χ2n) is 7.06. The highest BCUT2D eigenvalue weighted by Crippen LogP contribution is 2.30. The summed E-state index contributed by atoms with van der Waals surface area (Å²) in [6.45, 7) is 2.03. The number of halogens is 2. The van der Waals surface area contributed by atoms with Crippen molar-refractivity contribution in [3.63, 3.8) is 0 Å². The fraction of sp³-hybridized carbons (Fsp3) is 0.0417. The van der Waals surface area contributed by atoms with E-state index >= 15 is 0 Å². The van der Waals surface area contributed by atoms with Crippen LogP contribution >= 0.6 is 0 Å². The maximum atomic E-state index is 13.4. The minimum atomic E-state index is -0.335. The predicted molar refractivity (Wildman–Crippen MR) is 112 cm³/mol. The summed E-state index contributed by atoms with van der Waals surface area (Å²) in [6, 6.07) is 20.1. The van der Waals surface area contributed by atoms with Gasteiger partial charge < -0.3 is 0 Å². The number of aryl methyl sites for hydroxylation is 1. The molecule has 2 aromatic heterocycles. The van der Waals surface area contributed by atoms with Crippen molar-refractivity contribution in [2.45, 2.75) is 6.92 Å². The smallest absolute Gasteiger partial charge is 0.209 e. The average molecular weight is 398 g/mol. The zero-order valence-corrected chi connectivity index (χ0v) is 16.1. The Labute approximate surface area is 171 Å². The zero-order valence-electron chi connectivity index (χ0n) is 16.1. The Bertz CT molecular complexity index is 1260. The monoisotopic (exact) mass is 398 g/mol. The van der Waals surface area contributed by atoms with E-state index in [1.54, 1.807) is 28.8 Å². The Balaban J connectivity index is 1.72. The molecule has 146 valence electrons. The number of imidazole rings is 1. The van der Waals surface area contributed by atoms with Gasteiger partial charge in [0.15, 0.2) is 0 Å². The molecule has 3 aromatic carbocycles. The lowest BCUT2D eigenvalue weighted by atomic mass is 10.0. The molecule has 0 fully saturated rings. The Morgan fingerprint density at radius 3 is 1.77 bits per heavy atom. The lowest BCUT2D eigenvalue weighted by Crippen LogP contribution is -2.01. The van der Waals surface area contributed by atoms with Gasteiger partial charge in [-0.15, -0.1) is 0 Å². The maximum Gasteiger partial charge on any atom is 0.251 e. The van der Waals surface area contributed by atoms with E-state index < -0.39 is 0 Å². The van der Waals surface area contributed by atoms with Gasteiger partial charge in [0.1, 0.15) is 23.0 Å². The quantitative estimate of drug-likeness (QED) is 0.391. The standard InChI is InChI=1S/C24H16F2N4/c1-15-2-4-16(5-3-15)21-14-30-24(27-21)28-22(17-6-10-19(25)11-7-17)23(29-30)18-8-12-20(26)13-9-18/h2-14H,1H3. The third kappa shape index (κ3) is 3.33. The molecule has 2 heterocycles. The molecule has 0 aliphatic carbocycles. The summed E-state index contributed by atoms with van der Waals surface area (Å²) in [5, 5.41) is 4.71. The molecule has 0 spiro atoms. The topological polar surface area (TPSA) is 43.1 Å². The predicted octanol–water partition coefficient (Wildman–Crippen LogP) is 5.71. The van der Waals surface area contributed by atoms with Gasteiger partial charge in [-0.2, -0.15) is 5.10 Å². The minimum Gasteiger partial charge on any atom is -0.209 e. The first-order valence-electron chi connectivity index (χ1n) is 9.43. The number of hydrogen-bond acceptors (Lipinski definition) is 3. The van der Waals surface area contributed by atoms with Gasteiger partial charge >= 0.3 is 0 Å². The second kappa shape index (κ2) is 7.15. The highest BCUT2D eigenvalue weighted by molar-refractivity contribution is 5.78. The average Bonchev–Trinajstić information content (AvgIpc) is 3.17. The van der Waals surface area contributed by atoms with Gasteiger partial charge in [0.05, 0.1) is 11.9 Å².